The van der Waals surface area contributed by atoms with Crippen LogP contribution in [0.1, 0.15) is 24.2 Å². The van der Waals surface area contributed by atoms with Crippen LogP contribution < -0.4 is 10.2 Å². The number of nitrogens with zero attached hydrogens (tertiary/aromatic N) is 3. The fourth-order valence-electron chi connectivity index (χ4n) is 5.62. The van der Waals surface area contributed by atoms with Crippen LogP contribution in [-0.4, -0.2) is 39.5 Å². The van der Waals surface area contributed by atoms with Crippen molar-refractivity contribution in [3.05, 3.63) is 84.2 Å². The second kappa shape index (κ2) is 10.5. The molecule has 0 aliphatic carbocycles. The Kier molecular flexibility index (Phi) is 6.80. The van der Waals surface area contributed by atoms with Crippen LogP contribution in [0.15, 0.2) is 77.2 Å². The molecule has 1 amide bonds. The Morgan fingerprint density at radius 1 is 1.05 bits per heavy atom. The van der Waals surface area contributed by atoms with Crippen LogP contribution in [-0.2, 0) is 15.8 Å². The maximum absolute atomic E-state index is 13.9. The van der Waals surface area contributed by atoms with Gasteiger partial charge in [-0.15, -0.1) is 0 Å². The van der Waals surface area contributed by atoms with E-state index in [-0.39, 0.29) is 30.6 Å². The zero-order valence-corrected chi connectivity index (χ0v) is 22.4. The van der Waals surface area contributed by atoms with Crippen LogP contribution in [0.4, 0.5) is 24.7 Å². The summed E-state index contributed by atoms with van der Waals surface area (Å²) in [5, 5.41) is 13.4. The van der Waals surface area contributed by atoms with Gasteiger partial charge in [-0.2, -0.15) is 13.2 Å². The van der Waals surface area contributed by atoms with Crippen LogP contribution in [0, 0.1) is 12.8 Å². The summed E-state index contributed by atoms with van der Waals surface area (Å²) >= 11 is 0. The van der Waals surface area contributed by atoms with Crippen LogP contribution >= 0.6 is 0 Å². The van der Waals surface area contributed by atoms with E-state index in [0.29, 0.717) is 33.9 Å². The number of halogens is 3. The molecule has 3 aromatic carbocycles. The minimum absolute atomic E-state index is 0.00653. The smallest absolute Gasteiger partial charge is 0.417 e. The van der Waals surface area contributed by atoms with Crippen LogP contribution in [0.2, 0.25) is 0 Å². The molecule has 11 heteroatoms. The van der Waals surface area contributed by atoms with Gasteiger partial charge in [0.05, 0.1) is 5.56 Å². The predicted molar refractivity (Wildman–Crippen MR) is 151 cm³/mol. The molecule has 0 spiro atoms. The van der Waals surface area contributed by atoms with E-state index in [1.165, 1.54) is 12.1 Å². The molecule has 6 rings (SSSR count). The Balaban J connectivity index is 1.24. The number of carboxylic acids is 1. The molecular formula is C31H25F3N4O4. The van der Waals surface area contributed by atoms with Gasteiger partial charge in [0, 0.05) is 24.0 Å². The Hall–Kier alpha value is -4.93. The highest BCUT2D eigenvalue weighted by atomic mass is 19.4. The third-order valence-corrected chi connectivity index (χ3v) is 7.43. The number of hydrogen-bond acceptors (Lipinski definition) is 6. The number of amides is 1. The van der Waals surface area contributed by atoms with E-state index in [2.05, 4.69) is 15.3 Å². The highest BCUT2D eigenvalue weighted by Crippen LogP contribution is 2.40. The number of fused-ring (bicyclic) bond motifs is 3. The lowest BCUT2D eigenvalue weighted by molar-refractivity contribution is -0.138. The lowest BCUT2D eigenvalue weighted by Crippen LogP contribution is -2.36. The summed E-state index contributed by atoms with van der Waals surface area (Å²) < 4.78 is 47.8. The lowest BCUT2D eigenvalue weighted by Gasteiger charge is -2.22. The van der Waals surface area contributed by atoms with E-state index in [1.54, 1.807) is 48.2 Å². The molecule has 5 aromatic rings. The number of furan rings is 1. The Bertz CT molecular complexity index is 1820. The van der Waals surface area contributed by atoms with Crippen molar-refractivity contribution in [2.75, 3.05) is 16.8 Å². The number of para-hydroxylation sites is 1. The minimum atomic E-state index is -4.63. The van der Waals surface area contributed by atoms with Gasteiger partial charge in [-0.3, -0.25) is 4.79 Å². The number of anilines is 2. The number of alkyl halides is 3. The molecule has 0 radical (unpaired) electrons. The van der Waals surface area contributed by atoms with Crippen LogP contribution in [0.5, 0.6) is 0 Å². The highest BCUT2D eigenvalue weighted by Gasteiger charge is 2.40. The van der Waals surface area contributed by atoms with Crippen molar-refractivity contribution in [2.45, 2.75) is 32.0 Å². The van der Waals surface area contributed by atoms with Gasteiger partial charge in [0.2, 0.25) is 5.91 Å². The lowest BCUT2D eigenvalue weighted by atomic mass is 9.98. The van der Waals surface area contributed by atoms with Gasteiger partial charge in [-0.1, -0.05) is 48.5 Å². The number of aliphatic carboxylic acids is 1. The van der Waals surface area contributed by atoms with Gasteiger partial charge >= 0.3 is 12.1 Å². The average molecular weight is 575 g/mol. The summed E-state index contributed by atoms with van der Waals surface area (Å²) in [5.74, 6) is -1.22. The molecule has 1 aliphatic heterocycles. The molecule has 214 valence electrons. The van der Waals surface area contributed by atoms with Gasteiger partial charge in [-0.05, 0) is 54.7 Å². The van der Waals surface area contributed by atoms with Crippen LogP contribution in [0.25, 0.3) is 33.2 Å². The normalized spacial score (nSPS) is 17.2. The quantitative estimate of drug-likeness (QED) is 0.233. The van der Waals surface area contributed by atoms with Crippen LogP contribution in [0.3, 0.4) is 0 Å². The summed E-state index contributed by atoms with van der Waals surface area (Å²) in [6.45, 7) is 1.90. The number of aromatic nitrogens is 2. The number of nitrogens with one attached hydrogen (secondary N) is 1. The largest absolute Gasteiger partial charge is 0.480 e. The first-order valence-electron chi connectivity index (χ1n) is 13.3. The zero-order valence-electron chi connectivity index (χ0n) is 22.4. The molecule has 2 aromatic heterocycles. The summed E-state index contributed by atoms with van der Waals surface area (Å²) in [6, 6.07) is 18.2. The van der Waals surface area contributed by atoms with Gasteiger partial charge in [0.25, 0.3) is 0 Å². The van der Waals surface area contributed by atoms with E-state index in [0.717, 1.165) is 11.5 Å². The fraction of sp³-hybridized carbons (Fsp3) is 0.226. The summed E-state index contributed by atoms with van der Waals surface area (Å²) in [6.07, 6.45) is -4.58. The summed E-state index contributed by atoms with van der Waals surface area (Å²) in [4.78, 5) is 35.9. The van der Waals surface area contributed by atoms with Gasteiger partial charge < -0.3 is 19.7 Å². The Labute approximate surface area is 237 Å². The molecule has 8 nitrogen and oxygen atoms in total. The molecule has 2 N–H and O–H groups in total. The average Bonchev–Trinajstić information content (AvgIpc) is 3.54. The van der Waals surface area contributed by atoms with Crippen molar-refractivity contribution in [1.29, 1.82) is 0 Å². The molecule has 2 atom stereocenters. The van der Waals surface area contributed by atoms with E-state index in [9.17, 15) is 27.9 Å². The van der Waals surface area contributed by atoms with Crippen molar-refractivity contribution in [1.82, 2.24) is 9.97 Å². The molecule has 1 aliphatic rings. The number of carboxylic acid groups (broad SMARTS) is 1. The van der Waals surface area contributed by atoms with Crippen molar-refractivity contribution in [3.63, 3.8) is 0 Å². The Morgan fingerprint density at radius 2 is 1.79 bits per heavy atom. The zero-order chi connectivity index (χ0) is 29.6. The molecule has 1 saturated heterocycles. The molecule has 1 fully saturated rings. The Morgan fingerprint density at radius 3 is 2.52 bits per heavy atom. The first kappa shape index (κ1) is 27.3. The third-order valence-electron chi connectivity index (χ3n) is 7.43. The molecule has 0 saturated carbocycles. The number of rotatable bonds is 6. The maximum atomic E-state index is 13.9. The number of carbonyl (C=O) groups is 2. The number of aryl methyl sites for hydroxylation is 1. The van der Waals surface area contributed by atoms with Gasteiger partial charge in [0.15, 0.2) is 11.4 Å². The molecular weight excluding hydrogens is 549 g/mol. The fourth-order valence-corrected chi connectivity index (χ4v) is 5.62. The van der Waals surface area contributed by atoms with Gasteiger partial charge in [0.1, 0.15) is 23.0 Å². The van der Waals surface area contributed by atoms with Crippen molar-refractivity contribution >= 4 is 45.5 Å². The molecule has 0 unspecified atom stereocenters. The summed E-state index contributed by atoms with van der Waals surface area (Å²) in [5.41, 5.74) is 1.08. The number of carbonyl (C=O) groups excluding carboxylic acids is 1. The second-order valence-electron chi connectivity index (χ2n) is 10.4. The van der Waals surface area contributed by atoms with E-state index < -0.39 is 35.6 Å². The topological polar surface area (TPSA) is 109 Å². The minimum Gasteiger partial charge on any atom is -0.480 e. The van der Waals surface area contributed by atoms with Crippen molar-refractivity contribution < 1.29 is 32.3 Å². The second-order valence-corrected chi connectivity index (χ2v) is 10.4. The van der Waals surface area contributed by atoms with E-state index >= 15 is 0 Å². The molecule has 42 heavy (non-hydrogen) atoms. The van der Waals surface area contributed by atoms with Crippen molar-refractivity contribution in [3.8, 4) is 11.1 Å². The predicted octanol–water partition coefficient (Wildman–Crippen LogP) is 6.68. The maximum Gasteiger partial charge on any atom is 0.417 e. The highest BCUT2D eigenvalue weighted by molar-refractivity contribution is 6.06. The van der Waals surface area contributed by atoms with E-state index in [4.69, 9.17) is 4.42 Å². The number of benzene rings is 3. The van der Waals surface area contributed by atoms with E-state index in [1.807, 2.05) is 18.2 Å². The summed E-state index contributed by atoms with van der Waals surface area (Å²) in [7, 11) is 0. The number of hydrogen-bond donors (Lipinski definition) is 2. The van der Waals surface area contributed by atoms with Crippen molar-refractivity contribution in [2.24, 2.45) is 5.92 Å². The first-order chi connectivity index (χ1) is 20.1. The first-order valence-corrected chi connectivity index (χ1v) is 13.3. The molecule has 3 heterocycles. The monoisotopic (exact) mass is 574 g/mol. The molecule has 0 bridgehead atoms. The SMILES string of the molecule is Cc1nc(N2C[C@@H](CC(=O)Nc3ccc(-c4ccccc4)c(C(F)(F)F)c3)C[C@H]2C(=O)O)c2oc3ccccc3c2n1. The standard InChI is InChI=1S/C31H25F3N4O4/c1-17-35-27-22-9-5-6-10-25(22)42-28(27)29(36-17)38-16-18(13-24(38)30(40)41)14-26(39)37-20-11-12-21(19-7-3-2-4-8-19)23(15-20)31(32,33)34/h2-12,15,18,24H,13-14,16H2,1H3,(H,37,39)(H,40,41)/t18-,24+/m1/s1. The third kappa shape index (κ3) is 5.13. The van der Waals surface area contributed by atoms with Gasteiger partial charge in [-0.25, -0.2) is 14.8 Å².